The zero-order valence-corrected chi connectivity index (χ0v) is 12.5. The van der Waals surface area contributed by atoms with Crippen molar-refractivity contribution >= 4 is 15.7 Å². The van der Waals surface area contributed by atoms with E-state index in [0.717, 1.165) is 23.7 Å². The van der Waals surface area contributed by atoms with Crippen LogP contribution >= 0.6 is 0 Å². The van der Waals surface area contributed by atoms with E-state index >= 15 is 0 Å². The fourth-order valence-corrected chi connectivity index (χ4v) is 5.02. The monoisotopic (exact) mass is 284 g/mol. The predicted octanol–water partition coefficient (Wildman–Crippen LogP) is 1.82. The molecule has 4 aliphatic rings. The smallest absolute Gasteiger partial charge is 0.211 e. The summed E-state index contributed by atoms with van der Waals surface area (Å²) in [7, 11) is -3.06. The lowest BCUT2D eigenvalue weighted by molar-refractivity contribution is 0.108. The first-order valence-electron chi connectivity index (χ1n) is 7.59. The van der Waals surface area contributed by atoms with Gasteiger partial charge in [-0.2, -0.15) is 0 Å². The van der Waals surface area contributed by atoms with E-state index in [4.69, 9.17) is 4.99 Å². The second-order valence-corrected chi connectivity index (χ2v) is 8.50. The van der Waals surface area contributed by atoms with Gasteiger partial charge in [0.05, 0.1) is 12.3 Å². The molecule has 0 aromatic heterocycles. The van der Waals surface area contributed by atoms with E-state index in [2.05, 4.69) is 4.72 Å². The van der Waals surface area contributed by atoms with Gasteiger partial charge in [0.15, 0.2) is 0 Å². The number of rotatable bonds is 5. The molecular formula is C14H24N2O2S. The Hall–Kier alpha value is -0.420. The predicted molar refractivity (Wildman–Crippen MR) is 76.8 cm³/mol. The zero-order chi connectivity index (χ0) is 13.5. The Morgan fingerprint density at radius 3 is 2.21 bits per heavy atom. The van der Waals surface area contributed by atoms with Gasteiger partial charge in [-0.3, -0.25) is 4.99 Å². The SMILES string of the molecule is CCS(=O)(=O)NCCN=C1C2CC3CC(C2)CC1C3. The average molecular weight is 284 g/mol. The van der Waals surface area contributed by atoms with Crippen LogP contribution in [-0.2, 0) is 10.0 Å². The van der Waals surface area contributed by atoms with Crippen LogP contribution < -0.4 is 4.72 Å². The van der Waals surface area contributed by atoms with Crippen LogP contribution in [0, 0.1) is 23.7 Å². The number of hydrogen-bond donors (Lipinski definition) is 1. The maximum atomic E-state index is 11.3. The normalized spacial score (nSPS) is 36.8. The summed E-state index contributed by atoms with van der Waals surface area (Å²) in [5.41, 5.74) is 1.42. The molecule has 0 amide bonds. The maximum Gasteiger partial charge on any atom is 0.211 e. The first-order chi connectivity index (χ1) is 9.07. The minimum atomic E-state index is -3.06. The van der Waals surface area contributed by atoms with Crippen LogP contribution in [0.3, 0.4) is 0 Å². The molecule has 0 spiro atoms. The number of nitrogens with zero attached hydrogens (tertiary/aromatic N) is 1. The summed E-state index contributed by atoms with van der Waals surface area (Å²) in [6.07, 6.45) is 6.81. The van der Waals surface area contributed by atoms with Gasteiger partial charge in [0, 0.05) is 12.3 Å². The molecule has 4 aliphatic carbocycles. The van der Waals surface area contributed by atoms with Gasteiger partial charge in [-0.25, -0.2) is 13.1 Å². The molecule has 4 nitrogen and oxygen atoms in total. The van der Waals surface area contributed by atoms with Crippen molar-refractivity contribution in [3.63, 3.8) is 0 Å². The Bertz CT molecular complexity index is 440. The van der Waals surface area contributed by atoms with E-state index in [-0.39, 0.29) is 5.75 Å². The molecule has 4 fully saturated rings. The van der Waals surface area contributed by atoms with Gasteiger partial charge < -0.3 is 0 Å². The summed E-state index contributed by atoms with van der Waals surface area (Å²) in [6.45, 7) is 2.72. The van der Waals surface area contributed by atoms with E-state index in [9.17, 15) is 8.42 Å². The van der Waals surface area contributed by atoms with E-state index < -0.39 is 10.0 Å². The molecule has 0 saturated heterocycles. The van der Waals surface area contributed by atoms with Crippen molar-refractivity contribution in [1.29, 1.82) is 0 Å². The first-order valence-corrected chi connectivity index (χ1v) is 9.24. The second-order valence-electron chi connectivity index (χ2n) is 6.41. The number of sulfonamides is 1. The Labute approximate surface area is 116 Å². The lowest BCUT2D eigenvalue weighted by atomic mass is 9.55. The molecule has 5 heteroatoms. The van der Waals surface area contributed by atoms with Crippen LogP contribution in [-0.4, -0.2) is 33.0 Å². The third kappa shape index (κ3) is 2.87. The van der Waals surface area contributed by atoms with E-state index in [1.165, 1.54) is 37.8 Å². The third-order valence-electron chi connectivity index (χ3n) is 5.08. The first kappa shape index (κ1) is 13.6. The largest absolute Gasteiger partial charge is 0.292 e. The fourth-order valence-electron chi connectivity index (χ4n) is 4.41. The van der Waals surface area contributed by atoms with Crippen LogP contribution in [0.2, 0.25) is 0 Å². The summed E-state index contributed by atoms with van der Waals surface area (Å²) in [5.74, 6) is 3.51. The molecule has 1 N–H and O–H groups in total. The Morgan fingerprint density at radius 1 is 1.11 bits per heavy atom. The Balaban J connectivity index is 1.56. The molecule has 0 aliphatic heterocycles. The van der Waals surface area contributed by atoms with Crippen LogP contribution in [0.25, 0.3) is 0 Å². The molecule has 4 rings (SSSR count). The van der Waals surface area contributed by atoms with Gasteiger partial charge in [0.25, 0.3) is 0 Å². The lowest BCUT2D eigenvalue weighted by Gasteiger charge is -2.50. The molecule has 0 atom stereocenters. The van der Waals surface area contributed by atoms with Gasteiger partial charge in [0.1, 0.15) is 0 Å². The summed E-state index contributed by atoms with van der Waals surface area (Å²) in [5, 5.41) is 0. The highest BCUT2D eigenvalue weighted by molar-refractivity contribution is 7.89. The molecule has 108 valence electrons. The van der Waals surface area contributed by atoms with Crippen LogP contribution in [0.5, 0.6) is 0 Å². The van der Waals surface area contributed by atoms with Crippen molar-refractivity contribution < 1.29 is 8.42 Å². The highest BCUT2D eigenvalue weighted by Crippen LogP contribution is 2.52. The van der Waals surface area contributed by atoms with Gasteiger partial charge in [-0.05, 0) is 62.7 Å². The fraction of sp³-hybridized carbons (Fsp3) is 0.929. The molecule has 0 aromatic carbocycles. The van der Waals surface area contributed by atoms with Gasteiger partial charge >= 0.3 is 0 Å². The van der Waals surface area contributed by atoms with Crippen molar-refractivity contribution in [2.45, 2.75) is 39.0 Å². The third-order valence-corrected chi connectivity index (χ3v) is 6.49. The van der Waals surface area contributed by atoms with Crippen molar-refractivity contribution in [3.8, 4) is 0 Å². The number of aliphatic imine (C=N–C) groups is 1. The number of nitrogens with one attached hydrogen (secondary N) is 1. The average Bonchev–Trinajstić information content (AvgIpc) is 2.36. The van der Waals surface area contributed by atoms with Crippen LogP contribution in [0.1, 0.15) is 39.0 Å². The Morgan fingerprint density at radius 2 is 1.68 bits per heavy atom. The van der Waals surface area contributed by atoms with Gasteiger partial charge in [-0.1, -0.05) is 0 Å². The van der Waals surface area contributed by atoms with Crippen molar-refractivity contribution in [3.05, 3.63) is 0 Å². The molecule has 19 heavy (non-hydrogen) atoms. The van der Waals surface area contributed by atoms with Crippen LogP contribution in [0.4, 0.5) is 0 Å². The zero-order valence-electron chi connectivity index (χ0n) is 11.6. The quantitative estimate of drug-likeness (QED) is 0.783. The summed E-state index contributed by atoms with van der Waals surface area (Å²) in [4.78, 5) is 4.75. The molecule has 0 radical (unpaired) electrons. The van der Waals surface area contributed by atoms with Crippen molar-refractivity contribution in [1.82, 2.24) is 4.72 Å². The molecular weight excluding hydrogens is 260 g/mol. The highest BCUT2D eigenvalue weighted by atomic mass is 32.2. The molecule has 0 aromatic rings. The number of hydrogen-bond acceptors (Lipinski definition) is 3. The van der Waals surface area contributed by atoms with Gasteiger partial charge in [0.2, 0.25) is 10.0 Å². The van der Waals surface area contributed by atoms with Crippen LogP contribution in [0.15, 0.2) is 4.99 Å². The van der Waals surface area contributed by atoms with E-state index in [0.29, 0.717) is 13.1 Å². The minimum absolute atomic E-state index is 0.151. The van der Waals surface area contributed by atoms with Gasteiger partial charge in [-0.15, -0.1) is 0 Å². The maximum absolute atomic E-state index is 11.3. The highest BCUT2D eigenvalue weighted by Gasteiger charge is 2.45. The van der Waals surface area contributed by atoms with Crippen molar-refractivity contribution in [2.24, 2.45) is 28.7 Å². The topological polar surface area (TPSA) is 58.5 Å². The second kappa shape index (κ2) is 5.17. The lowest BCUT2D eigenvalue weighted by Crippen LogP contribution is -2.45. The summed E-state index contributed by atoms with van der Waals surface area (Å²) < 4.78 is 25.3. The van der Waals surface area contributed by atoms with E-state index in [1.807, 2.05) is 0 Å². The molecule has 4 saturated carbocycles. The minimum Gasteiger partial charge on any atom is -0.292 e. The molecule has 4 bridgehead atoms. The van der Waals surface area contributed by atoms with E-state index in [1.54, 1.807) is 6.92 Å². The van der Waals surface area contributed by atoms with Crippen molar-refractivity contribution in [2.75, 3.05) is 18.8 Å². The standard InChI is InChI=1S/C14H24N2O2S/c1-2-19(17,18)16-4-3-15-14-12-6-10-5-11(8-12)9-13(14)7-10/h10-13,16H,2-9H2,1H3. The molecule has 0 heterocycles. The summed E-state index contributed by atoms with van der Waals surface area (Å²) in [6, 6.07) is 0. The molecule has 0 unspecified atom stereocenters. The summed E-state index contributed by atoms with van der Waals surface area (Å²) >= 11 is 0. The Kier molecular flexibility index (Phi) is 3.69.